The van der Waals surface area contributed by atoms with Crippen molar-refractivity contribution in [2.24, 2.45) is 0 Å². The maximum atomic E-state index is 12.3. The first-order valence-electron chi connectivity index (χ1n) is 7.58. The van der Waals surface area contributed by atoms with Crippen LogP contribution < -0.4 is 5.32 Å². The molecule has 1 heterocycles. The maximum Gasteiger partial charge on any atom is 0.329 e. The van der Waals surface area contributed by atoms with Gasteiger partial charge in [-0.1, -0.05) is 27.7 Å². The fourth-order valence-electron chi connectivity index (χ4n) is 1.79. The van der Waals surface area contributed by atoms with Crippen molar-refractivity contribution in [3.63, 3.8) is 0 Å². The van der Waals surface area contributed by atoms with Crippen molar-refractivity contribution in [2.75, 3.05) is 0 Å². The number of hydrogen-bond acceptors (Lipinski definition) is 4. The van der Waals surface area contributed by atoms with Gasteiger partial charge in [-0.3, -0.25) is 4.79 Å². The van der Waals surface area contributed by atoms with E-state index in [-0.39, 0.29) is 11.3 Å². The Morgan fingerprint density at radius 3 is 2.18 bits per heavy atom. The highest BCUT2D eigenvalue weighted by Gasteiger charge is 2.26. The molecule has 1 amide bonds. The van der Waals surface area contributed by atoms with Crippen LogP contribution in [0.4, 0.5) is 0 Å². The Hall–Kier alpha value is -1.36. The quantitative estimate of drug-likeness (QED) is 0.854. The summed E-state index contributed by atoms with van der Waals surface area (Å²) in [5.74, 6) is -0.617. The molecule has 0 aliphatic heterocycles. The Morgan fingerprint density at radius 2 is 1.77 bits per heavy atom. The van der Waals surface area contributed by atoms with Crippen LogP contribution in [-0.2, 0) is 14.9 Å². The van der Waals surface area contributed by atoms with E-state index >= 15 is 0 Å². The monoisotopic (exact) mass is 325 g/mol. The minimum Gasteiger partial charge on any atom is -0.458 e. The number of thiophene rings is 1. The summed E-state index contributed by atoms with van der Waals surface area (Å²) in [7, 11) is 0. The lowest BCUT2D eigenvalue weighted by atomic mass is 9.95. The fourth-order valence-corrected chi connectivity index (χ4v) is 2.76. The van der Waals surface area contributed by atoms with Crippen LogP contribution in [0.25, 0.3) is 0 Å². The molecule has 1 unspecified atom stereocenters. The van der Waals surface area contributed by atoms with Gasteiger partial charge in [0.05, 0.1) is 4.88 Å². The first-order valence-corrected chi connectivity index (χ1v) is 8.39. The van der Waals surface area contributed by atoms with Crippen molar-refractivity contribution in [3.8, 4) is 0 Å². The Kier molecular flexibility index (Phi) is 5.79. The summed E-state index contributed by atoms with van der Waals surface area (Å²) in [5, 5.41) is 2.77. The molecule has 0 radical (unpaired) electrons. The Bertz CT molecular complexity index is 535. The van der Waals surface area contributed by atoms with E-state index in [4.69, 9.17) is 4.74 Å². The predicted octanol–water partition coefficient (Wildman–Crippen LogP) is 3.90. The zero-order valence-corrected chi connectivity index (χ0v) is 15.4. The molecular formula is C17H27NO3S. The lowest BCUT2D eigenvalue weighted by Crippen LogP contribution is -2.43. The largest absolute Gasteiger partial charge is 0.458 e. The predicted molar refractivity (Wildman–Crippen MR) is 90.4 cm³/mol. The SMILES string of the molecule is CCC(NC(=O)c1ccc(C(C)(C)C)s1)C(=O)OC(C)(C)C. The van der Waals surface area contributed by atoms with Crippen LogP contribution in [0.2, 0.25) is 0 Å². The van der Waals surface area contributed by atoms with Gasteiger partial charge in [0.25, 0.3) is 5.91 Å². The van der Waals surface area contributed by atoms with E-state index in [9.17, 15) is 9.59 Å². The van der Waals surface area contributed by atoms with Crippen LogP contribution in [-0.4, -0.2) is 23.5 Å². The topological polar surface area (TPSA) is 55.4 Å². The third-order valence-electron chi connectivity index (χ3n) is 2.97. The summed E-state index contributed by atoms with van der Waals surface area (Å²) < 4.78 is 5.34. The highest BCUT2D eigenvalue weighted by molar-refractivity contribution is 7.14. The fraction of sp³-hybridized carbons (Fsp3) is 0.647. The number of hydrogen-bond donors (Lipinski definition) is 1. The molecule has 1 aromatic heterocycles. The van der Waals surface area contributed by atoms with Gasteiger partial charge in [0.15, 0.2) is 0 Å². The van der Waals surface area contributed by atoms with Gasteiger partial charge in [-0.25, -0.2) is 4.79 Å². The third kappa shape index (κ3) is 5.44. The molecule has 1 rings (SSSR count). The molecule has 0 fully saturated rings. The van der Waals surface area contributed by atoms with Gasteiger partial charge in [-0.2, -0.15) is 0 Å². The smallest absolute Gasteiger partial charge is 0.329 e. The number of rotatable bonds is 4. The Labute approximate surface area is 137 Å². The molecule has 0 bridgehead atoms. The summed E-state index contributed by atoms with van der Waals surface area (Å²) in [6, 6.07) is 3.16. The molecule has 0 aromatic carbocycles. The molecule has 1 aromatic rings. The van der Waals surface area contributed by atoms with E-state index in [1.54, 1.807) is 0 Å². The minimum absolute atomic E-state index is 0.0124. The first kappa shape index (κ1) is 18.7. The second-order valence-corrected chi connectivity index (χ2v) is 8.47. The molecule has 1 N–H and O–H groups in total. The van der Waals surface area contributed by atoms with E-state index in [0.717, 1.165) is 4.88 Å². The summed E-state index contributed by atoms with van der Waals surface area (Å²) in [6.07, 6.45) is 0.498. The molecule has 0 spiro atoms. The van der Waals surface area contributed by atoms with E-state index < -0.39 is 17.6 Å². The summed E-state index contributed by atoms with van der Waals surface area (Å²) >= 11 is 1.46. The number of amides is 1. The Balaban J connectivity index is 2.77. The number of ether oxygens (including phenoxy) is 1. The molecule has 1 atom stereocenters. The standard InChI is InChI=1S/C17H27NO3S/c1-8-11(15(20)21-17(5,6)7)18-14(19)12-9-10-13(22-12)16(2,3)4/h9-11H,8H2,1-7H3,(H,18,19). The second-order valence-electron chi connectivity index (χ2n) is 7.38. The van der Waals surface area contributed by atoms with Crippen LogP contribution >= 0.6 is 11.3 Å². The van der Waals surface area contributed by atoms with E-state index in [0.29, 0.717) is 11.3 Å². The molecule has 0 saturated heterocycles. The summed E-state index contributed by atoms with van der Waals surface area (Å²) in [6.45, 7) is 13.6. The van der Waals surface area contributed by atoms with E-state index in [1.165, 1.54) is 11.3 Å². The third-order valence-corrected chi connectivity index (χ3v) is 4.48. The van der Waals surface area contributed by atoms with Crippen LogP contribution in [0.15, 0.2) is 12.1 Å². The lowest BCUT2D eigenvalue weighted by molar-refractivity contribution is -0.157. The van der Waals surface area contributed by atoms with Crippen molar-refractivity contribution in [1.82, 2.24) is 5.32 Å². The zero-order valence-electron chi connectivity index (χ0n) is 14.6. The first-order chi connectivity index (χ1) is 9.94. The van der Waals surface area contributed by atoms with Gasteiger partial charge < -0.3 is 10.1 Å². The number of carbonyl (C=O) groups is 2. The van der Waals surface area contributed by atoms with Gasteiger partial charge in [-0.05, 0) is 44.7 Å². The van der Waals surface area contributed by atoms with Crippen molar-refractivity contribution >= 4 is 23.2 Å². The molecule has 4 nitrogen and oxygen atoms in total. The number of esters is 1. The van der Waals surface area contributed by atoms with Gasteiger partial charge >= 0.3 is 5.97 Å². The summed E-state index contributed by atoms with van der Waals surface area (Å²) in [5.41, 5.74) is -0.546. The van der Waals surface area contributed by atoms with Gasteiger partial charge in [0, 0.05) is 4.88 Å². The molecule has 124 valence electrons. The average molecular weight is 325 g/mol. The van der Waals surface area contributed by atoms with Crippen LogP contribution in [0, 0.1) is 0 Å². The van der Waals surface area contributed by atoms with Crippen molar-refractivity contribution in [3.05, 3.63) is 21.9 Å². The number of nitrogens with one attached hydrogen (secondary N) is 1. The van der Waals surface area contributed by atoms with E-state index in [2.05, 4.69) is 26.1 Å². The maximum absolute atomic E-state index is 12.3. The highest BCUT2D eigenvalue weighted by atomic mass is 32.1. The molecular weight excluding hydrogens is 298 g/mol. The van der Waals surface area contributed by atoms with E-state index in [1.807, 2.05) is 39.8 Å². The Morgan fingerprint density at radius 1 is 1.18 bits per heavy atom. The molecule has 0 saturated carbocycles. The highest BCUT2D eigenvalue weighted by Crippen LogP contribution is 2.29. The molecule has 0 aliphatic rings. The van der Waals surface area contributed by atoms with Crippen LogP contribution in [0.1, 0.15) is 69.4 Å². The van der Waals surface area contributed by atoms with Crippen LogP contribution in [0.5, 0.6) is 0 Å². The number of carbonyl (C=O) groups excluding carboxylic acids is 2. The normalized spacial score (nSPS) is 13.6. The van der Waals surface area contributed by atoms with Crippen molar-refractivity contribution < 1.29 is 14.3 Å². The molecule has 5 heteroatoms. The van der Waals surface area contributed by atoms with Gasteiger partial charge in [0.2, 0.25) is 0 Å². The zero-order chi connectivity index (χ0) is 17.1. The van der Waals surface area contributed by atoms with Crippen molar-refractivity contribution in [1.29, 1.82) is 0 Å². The summed E-state index contributed by atoms with van der Waals surface area (Å²) in [4.78, 5) is 26.2. The van der Waals surface area contributed by atoms with Crippen molar-refractivity contribution in [2.45, 2.75) is 71.9 Å². The molecule has 0 aliphatic carbocycles. The molecule has 22 heavy (non-hydrogen) atoms. The average Bonchev–Trinajstić information content (AvgIpc) is 2.82. The van der Waals surface area contributed by atoms with Gasteiger partial charge in [-0.15, -0.1) is 11.3 Å². The second kappa shape index (κ2) is 6.82. The van der Waals surface area contributed by atoms with Gasteiger partial charge in [0.1, 0.15) is 11.6 Å². The minimum atomic E-state index is -0.619. The lowest BCUT2D eigenvalue weighted by Gasteiger charge is -2.23. The van der Waals surface area contributed by atoms with Crippen LogP contribution in [0.3, 0.4) is 0 Å².